The fraction of sp³-hybridized carbons (Fsp3) is 0.357. The van der Waals surface area contributed by atoms with Gasteiger partial charge in [0.2, 0.25) is 0 Å². The Morgan fingerprint density at radius 1 is 1.35 bits per heavy atom. The van der Waals surface area contributed by atoms with Crippen molar-refractivity contribution in [2.45, 2.75) is 26.3 Å². The van der Waals surface area contributed by atoms with Crippen LogP contribution in [0, 0.1) is 0 Å². The Kier molecular flexibility index (Phi) is 4.32. The standard InChI is InChI=1S/C14H20N2O/c1-6-13(16-14(2,3)4)15-11-9-7-8-10-12(11)17-5/h6-10H,1H2,2-5H3,(H,15,16). The molecule has 0 amide bonds. The Morgan fingerprint density at radius 2 is 2.00 bits per heavy atom. The first-order valence-electron chi connectivity index (χ1n) is 5.58. The minimum atomic E-state index is -0.140. The van der Waals surface area contributed by atoms with Gasteiger partial charge in [0.1, 0.15) is 11.6 Å². The molecule has 3 heteroatoms. The summed E-state index contributed by atoms with van der Waals surface area (Å²) in [7, 11) is 1.65. The molecule has 0 saturated heterocycles. The summed E-state index contributed by atoms with van der Waals surface area (Å²) >= 11 is 0. The SMILES string of the molecule is C=CC(=NC(C)(C)C)Nc1ccccc1OC. The van der Waals surface area contributed by atoms with Gasteiger partial charge in [-0.25, -0.2) is 0 Å². The number of benzene rings is 1. The van der Waals surface area contributed by atoms with E-state index in [1.54, 1.807) is 13.2 Å². The molecule has 0 aliphatic carbocycles. The average molecular weight is 232 g/mol. The highest BCUT2D eigenvalue weighted by Gasteiger charge is 2.09. The molecule has 1 aromatic carbocycles. The van der Waals surface area contributed by atoms with Crippen LogP contribution in [0.15, 0.2) is 41.9 Å². The first-order valence-corrected chi connectivity index (χ1v) is 5.58. The largest absolute Gasteiger partial charge is 0.495 e. The van der Waals surface area contributed by atoms with Gasteiger partial charge in [0.05, 0.1) is 18.3 Å². The van der Waals surface area contributed by atoms with Crippen molar-refractivity contribution in [1.29, 1.82) is 0 Å². The predicted octanol–water partition coefficient (Wildman–Crippen LogP) is 3.49. The number of nitrogens with zero attached hydrogens (tertiary/aromatic N) is 1. The molecule has 0 heterocycles. The molecule has 0 aliphatic rings. The minimum Gasteiger partial charge on any atom is -0.495 e. The zero-order valence-corrected chi connectivity index (χ0v) is 10.9. The van der Waals surface area contributed by atoms with E-state index in [2.05, 4.69) is 16.9 Å². The fourth-order valence-electron chi connectivity index (χ4n) is 1.37. The number of methoxy groups -OCH3 is 1. The van der Waals surface area contributed by atoms with Gasteiger partial charge in [0, 0.05) is 0 Å². The highest BCUT2D eigenvalue weighted by Crippen LogP contribution is 2.23. The van der Waals surface area contributed by atoms with Crippen molar-refractivity contribution in [3.05, 3.63) is 36.9 Å². The van der Waals surface area contributed by atoms with Gasteiger partial charge in [0.15, 0.2) is 0 Å². The van der Waals surface area contributed by atoms with Crippen LogP contribution in [0.2, 0.25) is 0 Å². The van der Waals surface area contributed by atoms with Gasteiger partial charge >= 0.3 is 0 Å². The Bertz CT molecular complexity index is 416. The maximum atomic E-state index is 5.27. The van der Waals surface area contributed by atoms with E-state index in [9.17, 15) is 0 Å². The number of hydrogen-bond donors (Lipinski definition) is 1. The highest BCUT2D eigenvalue weighted by molar-refractivity contribution is 6.04. The van der Waals surface area contributed by atoms with E-state index in [0.29, 0.717) is 0 Å². The lowest BCUT2D eigenvalue weighted by molar-refractivity contribution is 0.417. The van der Waals surface area contributed by atoms with Gasteiger partial charge in [0.25, 0.3) is 0 Å². The first kappa shape index (κ1) is 13.3. The van der Waals surface area contributed by atoms with Gasteiger partial charge in [-0.1, -0.05) is 18.7 Å². The van der Waals surface area contributed by atoms with E-state index in [1.165, 1.54) is 0 Å². The number of para-hydroxylation sites is 2. The number of amidine groups is 1. The third-order valence-electron chi connectivity index (χ3n) is 2.02. The Labute approximate surface area is 103 Å². The quantitative estimate of drug-likeness (QED) is 0.639. The van der Waals surface area contributed by atoms with Crippen LogP contribution >= 0.6 is 0 Å². The van der Waals surface area contributed by atoms with E-state index in [1.807, 2.05) is 45.0 Å². The zero-order valence-electron chi connectivity index (χ0n) is 10.9. The average Bonchev–Trinajstić information content (AvgIpc) is 2.27. The molecule has 1 rings (SSSR count). The number of ether oxygens (including phenoxy) is 1. The summed E-state index contributed by atoms with van der Waals surface area (Å²) in [4.78, 5) is 4.53. The van der Waals surface area contributed by atoms with Crippen molar-refractivity contribution in [3.8, 4) is 5.75 Å². The second-order valence-corrected chi connectivity index (χ2v) is 4.70. The summed E-state index contributed by atoms with van der Waals surface area (Å²) < 4.78 is 5.27. The Hall–Kier alpha value is -1.77. The van der Waals surface area contributed by atoms with Gasteiger partial charge in [-0.15, -0.1) is 0 Å². The second kappa shape index (κ2) is 5.53. The van der Waals surface area contributed by atoms with E-state index < -0.39 is 0 Å². The summed E-state index contributed by atoms with van der Waals surface area (Å²) in [5.74, 6) is 1.53. The summed E-state index contributed by atoms with van der Waals surface area (Å²) in [5.41, 5.74) is 0.747. The van der Waals surface area contributed by atoms with Crippen LogP contribution < -0.4 is 10.1 Å². The number of aliphatic imine (C=N–C) groups is 1. The monoisotopic (exact) mass is 232 g/mol. The van der Waals surface area contributed by atoms with Crippen LogP contribution in [-0.4, -0.2) is 18.5 Å². The molecule has 0 fully saturated rings. The molecule has 92 valence electrons. The third kappa shape index (κ3) is 4.31. The summed E-state index contributed by atoms with van der Waals surface area (Å²) in [6.07, 6.45) is 1.71. The molecule has 0 aliphatic heterocycles. The number of hydrogen-bond acceptors (Lipinski definition) is 2. The number of anilines is 1. The molecule has 3 nitrogen and oxygen atoms in total. The molecule has 1 N–H and O–H groups in total. The first-order chi connectivity index (χ1) is 7.96. The topological polar surface area (TPSA) is 33.6 Å². The molecule has 1 aromatic rings. The van der Waals surface area contributed by atoms with Gasteiger partial charge in [-0.2, -0.15) is 0 Å². The van der Waals surface area contributed by atoms with Crippen molar-refractivity contribution in [3.63, 3.8) is 0 Å². The van der Waals surface area contributed by atoms with E-state index >= 15 is 0 Å². The summed E-state index contributed by atoms with van der Waals surface area (Å²) in [6, 6.07) is 7.72. The van der Waals surface area contributed by atoms with Crippen molar-refractivity contribution in [2.75, 3.05) is 12.4 Å². The van der Waals surface area contributed by atoms with Gasteiger partial charge in [-0.05, 0) is 39.0 Å². The van der Waals surface area contributed by atoms with Crippen LogP contribution in [0.25, 0.3) is 0 Å². The summed E-state index contributed by atoms with van der Waals surface area (Å²) in [5, 5.41) is 3.21. The number of nitrogens with one attached hydrogen (secondary N) is 1. The lowest BCUT2D eigenvalue weighted by atomic mass is 10.1. The van der Waals surface area contributed by atoms with Crippen molar-refractivity contribution < 1.29 is 4.74 Å². The van der Waals surface area contributed by atoms with E-state index in [-0.39, 0.29) is 5.54 Å². The van der Waals surface area contributed by atoms with Gasteiger partial charge in [-0.3, -0.25) is 4.99 Å². The molecular formula is C14H20N2O. The molecule has 0 atom stereocenters. The van der Waals surface area contributed by atoms with Crippen LogP contribution in [0.5, 0.6) is 5.75 Å². The summed E-state index contributed by atoms with van der Waals surface area (Å²) in [6.45, 7) is 9.89. The van der Waals surface area contributed by atoms with Gasteiger partial charge < -0.3 is 10.1 Å². The molecule has 0 bridgehead atoms. The smallest absolute Gasteiger partial charge is 0.142 e. The van der Waals surface area contributed by atoms with Crippen LogP contribution in [0.4, 0.5) is 5.69 Å². The molecule has 0 aromatic heterocycles. The zero-order chi connectivity index (χ0) is 12.9. The third-order valence-corrected chi connectivity index (χ3v) is 2.02. The molecule has 0 unspecified atom stereocenters. The van der Waals surface area contributed by atoms with Crippen LogP contribution in [0.1, 0.15) is 20.8 Å². The van der Waals surface area contributed by atoms with Crippen LogP contribution in [-0.2, 0) is 0 Å². The van der Waals surface area contributed by atoms with Crippen LogP contribution in [0.3, 0.4) is 0 Å². The fourth-order valence-corrected chi connectivity index (χ4v) is 1.37. The lowest BCUT2D eigenvalue weighted by Gasteiger charge is -2.16. The van der Waals surface area contributed by atoms with E-state index in [4.69, 9.17) is 4.74 Å². The maximum absolute atomic E-state index is 5.27. The van der Waals surface area contributed by atoms with E-state index in [0.717, 1.165) is 17.3 Å². The second-order valence-electron chi connectivity index (χ2n) is 4.70. The molecule has 0 radical (unpaired) electrons. The highest BCUT2D eigenvalue weighted by atomic mass is 16.5. The molecule has 17 heavy (non-hydrogen) atoms. The minimum absolute atomic E-state index is 0.140. The predicted molar refractivity (Wildman–Crippen MR) is 74.0 cm³/mol. The van der Waals surface area contributed by atoms with Crippen molar-refractivity contribution >= 4 is 11.5 Å². The molecule has 0 spiro atoms. The molecule has 0 saturated carbocycles. The van der Waals surface area contributed by atoms with Crippen molar-refractivity contribution in [1.82, 2.24) is 0 Å². The van der Waals surface area contributed by atoms with Crippen molar-refractivity contribution in [2.24, 2.45) is 4.99 Å². The maximum Gasteiger partial charge on any atom is 0.142 e. The molecular weight excluding hydrogens is 212 g/mol. The normalized spacial score (nSPS) is 12.1. The lowest BCUT2D eigenvalue weighted by Crippen LogP contribution is -2.18. The Balaban J connectivity index is 2.96. The Morgan fingerprint density at radius 3 is 2.53 bits per heavy atom. The number of rotatable bonds is 3.